The van der Waals surface area contributed by atoms with E-state index in [9.17, 15) is 9.18 Å². The molecule has 0 saturated heterocycles. The summed E-state index contributed by atoms with van der Waals surface area (Å²) in [4.78, 5) is 14.2. The summed E-state index contributed by atoms with van der Waals surface area (Å²) in [6, 6.07) is 11.7. The Morgan fingerprint density at radius 2 is 2.00 bits per heavy atom. The van der Waals surface area contributed by atoms with E-state index in [1.807, 2.05) is 12.1 Å². The molecule has 1 heterocycles. The van der Waals surface area contributed by atoms with E-state index < -0.39 is 5.97 Å². The number of carbonyl (C=O) groups excluding carboxylic acids is 1. The molecule has 6 heteroatoms. The second-order valence-corrected chi connectivity index (χ2v) is 6.70. The lowest BCUT2D eigenvalue weighted by atomic mass is 9.99. The molecule has 0 unspecified atom stereocenters. The molecule has 0 saturated carbocycles. The van der Waals surface area contributed by atoms with Crippen molar-refractivity contribution >= 4 is 17.2 Å². The molecule has 0 aliphatic carbocycles. The fraction of sp³-hybridized carbons (Fsp3) is 0.318. The zero-order valence-electron chi connectivity index (χ0n) is 16.0. The van der Waals surface area contributed by atoms with Gasteiger partial charge in [0.1, 0.15) is 11.4 Å². The minimum Gasteiger partial charge on any atom is -0.490 e. The topological polar surface area (TPSA) is 64.8 Å². The molecule has 0 radical (unpaired) electrons. The number of hydrogen-bond donors (Lipinski definition) is 1. The summed E-state index contributed by atoms with van der Waals surface area (Å²) in [7, 11) is 1.33. The van der Waals surface area contributed by atoms with Crippen LogP contribution in [0.4, 0.5) is 10.1 Å². The van der Waals surface area contributed by atoms with Gasteiger partial charge in [0, 0.05) is 19.6 Å². The van der Waals surface area contributed by atoms with Crippen molar-refractivity contribution in [1.29, 1.82) is 0 Å². The lowest BCUT2D eigenvalue weighted by Crippen LogP contribution is -2.30. The molecule has 148 valence electrons. The first kappa shape index (κ1) is 19.9. The number of hydrogen-bond acceptors (Lipinski definition) is 5. The third-order valence-electron chi connectivity index (χ3n) is 4.82. The molecule has 2 N–H and O–H groups in total. The van der Waals surface area contributed by atoms with Gasteiger partial charge < -0.3 is 15.2 Å². The summed E-state index contributed by atoms with van der Waals surface area (Å²) < 4.78 is 23.6. The normalized spacial score (nSPS) is 14.4. The number of anilines is 1. The Bertz CT molecular complexity index is 849. The van der Waals surface area contributed by atoms with Crippen molar-refractivity contribution in [1.82, 2.24) is 4.90 Å². The van der Waals surface area contributed by atoms with E-state index in [-0.39, 0.29) is 5.82 Å². The van der Waals surface area contributed by atoms with Gasteiger partial charge >= 0.3 is 5.97 Å². The largest absolute Gasteiger partial charge is 0.490 e. The van der Waals surface area contributed by atoms with E-state index in [2.05, 4.69) is 11.0 Å². The third-order valence-corrected chi connectivity index (χ3v) is 4.82. The molecular formula is C22H25FN2O3. The lowest BCUT2D eigenvalue weighted by Gasteiger charge is -2.26. The maximum atomic E-state index is 13.1. The van der Waals surface area contributed by atoms with Gasteiger partial charge in [-0.05, 0) is 48.2 Å². The Balaban J connectivity index is 1.48. The van der Waals surface area contributed by atoms with Crippen LogP contribution in [0, 0.1) is 5.82 Å². The van der Waals surface area contributed by atoms with Crippen molar-refractivity contribution in [2.75, 3.05) is 39.1 Å². The monoisotopic (exact) mass is 384 g/mol. The van der Waals surface area contributed by atoms with E-state index >= 15 is 0 Å². The number of methoxy groups -OCH3 is 1. The molecule has 0 bridgehead atoms. The summed E-state index contributed by atoms with van der Waals surface area (Å²) in [6.07, 6.45) is 3.95. The van der Waals surface area contributed by atoms with Crippen molar-refractivity contribution in [3.8, 4) is 5.75 Å². The van der Waals surface area contributed by atoms with Crippen LogP contribution < -0.4 is 10.5 Å². The molecule has 3 rings (SSSR count). The van der Waals surface area contributed by atoms with Crippen LogP contribution in [0.15, 0.2) is 48.5 Å². The van der Waals surface area contributed by atoms with Crippen LogP contribution >= 0.6 is 0 Å². The Labute approximate surface area is 164 Å². The van der Waals surface area contributed by atoms with Crippen LogP contribution in [0.25, 0.3) is 5.57 Å². The van der Waals surface area contributed by atoms with E-state index in [4.69, 9.17) is 15.2 Å². The van der Waals surface area contributed by atoms with Crippen LogP contribution in [0.1, 0.15) is 28.8 Å². The minimum atomic E-state index is -0.461. The molecule has 28 heavy (non-hydrogen) atoms. The van der Waals surface area contributed by atoms with E-state index in [1.54, 1.807) is 18.2 Å². The van der Waals surface area contributed by atoms with Gasteiger partial charge in [0.05, 0.1) is 19.4 Å². The molecule has 0 amide bonds. The van der Waals surface area contributed by atoms with Gasteiger partial charge in [-0.3, -0.25) is 4.90 Å². The smallest absolute Gasteiger partial charge is 0.341 e. The highest BCUT2D eigenvalue weighted by Crippen LogP contribution is 2.27. The van der Waals surface area contributed by atoms with Crippen molar-refractivity contribution in [3.63, 3.8) is 0 Å². The first-order valence-corrected chi connectivity index (χ1v) is 9.35. The Hall–Kier alpha value is -2.86. The molecule has 0 fully saturated rings. The van der Waals surface area contributed by atoms with E-state index in [0.29, 0.717) is 23.6 Å². The Kier molecular flexibility index (Phi) is 6.66. The van der Waals surface area contributed by atoms with Crippen LogP contribution in [0.2, 0.25) is 0 Å². The van der Waals surface area contributed by atoms with Gasteiger partial charge in [0.25, 0.3) is 0 Å². The molecule has 1 aliphatic heterocycles. The molecular weight excluding hydrogens is 359 g/mol. The first-order valence-electron chi connectivity index (χ1n) is 9.35. The third kappa shape index (κ3) is 4.89. The summed E-state index contributed by atoms with van der Waals surface area (Å²) in [5.41, 5.74) is 9.05. The standard InChI is InChI=1S/C22H25FN2O3/c1-27-22(26)19-4-2-5-20(24)21(19)28-15-3-12-25-13-10-17(11-14-25)16-6-8-18(23)9-7-16/h2,4-10H,3,11-15,24H2,1H3. The second kappa shape index (κ2) is 9.37. The summed E-state index contributed by atoms with van der Waals surface area (Å²) in [5, 5.41) is 0. The van der Waals surface area contributed by atoms with Gasteiger partial charge in [-0.2, -0.15) is 0 Å². The number of para-hydroxylation sites is 1. The van der Waals surface area contributed by atoms with Crippen LogP contribution in [0.5, 0.6) is 5.75 Å². The molecule has 0 atom stereocenters. The Morgan fingerprint density at radius 3 is 2.68 bits per heavy atom. The van der Waals surface area contributed by atoms with Crippen molar-refractivity contribution in [3.05, 3.63) is 65.5 Å². The molecule has 1 aliphatic rings. The van der Waals surface area contributed by atoms with Crippen molar-refractivity contribution in [2.24, 2.45) is 0 Å². The van der Waals surface area contributed by atoms with Gasteiger partial charge in [0.2, 0.25) is 0 Å². The number of nitrogen functional groups attached to an aromatic ring is 1. The number of nitrogens with two attached hydrogens (primary N) is 1. The fourth-order valence-electron chi connectivity index (χ4n) is 3.29. The average Bonchev–Trinajstić information content (AvgIpc) is 2.72. The molecule has 2 aromatic carbocycles. The Morgan fingerprint density at radius 1 is 1.21 bits per heavy atom. The number of benzene rings is 2. The van der Waals surface area contributed by atoms with Crippen LogP contribution in [-0.4, -0.2) is 44.2 Å². The average molecular weight is 384 g/mol. The number of halogens is 1. The zero-order valence-corrected chi connectivity index (χ0v) is 16.0. The maximum absolute atomic E-state index is 13.1. The lowest BCUT2D eigenvalue weighted by molar-refractivity contribution is 0.0596. The quantitative estimate of drug-likeness (QED) is 0.447. The number of esters is 1. The zero-order chi connectivity index (χ0) is 19.9. The molecule has 5 nitrogen and oxygen atoms in total. The molecule has 2 aromatic rings. The predicted molar refractivity (Wildman–Crippen MR) is 108 cm³/mol. The van der Waals surface area contributed by atoms with E-state index in [1.165, 1.54) is 24.8 Å². The summed E-state index contributed by atoms with van der Waals surface area (Å²) in [5.74, 6) is -0.292. The van der Waals surface area contributed by atoms with Gasteiger partial charge in [-0.25, -0.2) is 9.18 Å². The maximum Gasteiger partial charge on any atom is 0.341 e. The van der Waals surface area contributed by atoms with E-state index in [0.717, 1.165) is 38.0 Å². The SMILES string of the molecule is COC(=O)c1cccc(N)c1OCCCN1CC=C(c2ccc(F)cc2)CC1. The van der Waals surface area contributed by atoms with Gasteiger partial charge in [-0.1, -0.05) is 24.3 Å². The van der Waals surface area contributed by atoms with Crippen molar-refractivity contribution in [2.45, 2.75) is 12.8 Å². The highest BCUT2D eigenvalue weighted by molar-refractivity contribution is 5.94. The number of carbonyl (C=O) groups is 1. The van der Waals surface area contributed by atoms with Crippen LogP contribution in [0.3, 0.4) is 0 Å². The van der Waals surface area contributed by atoms with Crippen molar-refractivity contribution < 1.29 is 18.7 Å². The first-order chi connectivity index (χ1) is 13.6. The molecule has 0 spiro atoms. The minimum absolute atomic E-state index is 0.212. The highest BCUT2D eigenvalue weighted by Gasteiger charge is 2.16. The summed E-state index contributed by atoms with van der Waals surface area (Å²) >= 11 is 0. The number of nitrogens with zero attached hydrogens (tertiary/aromatic N) is 1. The van der Waals surface area contributed by atoms with Gasteiger partial charge in [-0.15, -0.1) is 0 Å². The summed E-state index contributed by atoms with van der Waals surface area (Å²) in [6.45, 7) is 3.15. The fourth-order valence-corrected chi connectivity index (χ4v) is 3.29. The van der Waals surface area contributed by atoms with Crippen LogP contribution in [-0.2, 0) is 4.74 Å². The second-order valence-electron chi connectivity index (χ2n) is 6.70. The number of ether oxygens (including phenoxy) is 2. The van der Waals surface area contributed by atoms with Gasteiger partial charge in [0.15, 0.2) is 5.75 Å². The predicted octanol–water partition coefficient (Wildman–Crippen LogP) is 3.75. The number of rotatable bonds is 7. The molecule has 0 aromatic heterocycles. The highest BCUT2D eigenvalue weighted by atomic mass is 19.1.